The van der Waals surface area contributed by atoms with E-state index < -0.39 is 28.3 Å². The first-order valence-corrected chi connectivity index (χ1v) is 25.3. The van der Waals surface area contributed by atoms with Crippen molar-refractivity contribution in [2.75, 3.05) is 0 Å². The lowest BCUT2D eigenvalue weighted by molar-refractivity contribution is -0.0644. The second-order valence-electron chi connectivity index (χ2n) is 18.6. The lowest BCUT2D eigenvalue weighted by Gasteiger charge is -2.51. The maximum absolute atomic E-state index is 13.8. The van der Waals surface area contributed by atoms with E-state index >= 15 is 0 Å². The molecule has 0 aliphatic carbocycles. The van der Waals surface area contributed by atoms with Crippen molar-refractivity contribution < 1.29 is 23.5 Å². The predicted molar refractivity (Wildman–Crippen MR) is 224 cm³/mol. The Morgan fingerprint density at radius 1 is 0.804 bits per heavy atom. The molecule has 0 aromatic rings. The van der Waals surface area contributed by atoms with Crippen LogP contribution in [0.25, 0.3) is 0 Å². The minimum Gasteiger partial charge on any atom is -0.444 e. The Hall–Kier alpha value is -0.896. The van der Waals surface area contributed by atoms with Crippen LogP contribution in [0.15, 0.2) is 17.9 Å². The third-order valence-corrected chi connectivity index (χ3v) is 24.1. The van der Waals surface area contributed by atoms with Crippen LogP contribution in [-0.2, 0) is 13.6 Å². The Labute approximate surface area is 319 Å². The highest BCUT2D eigenvalue weighted by atomic mass is 28.4. The molecule has 0 radical (unpaired) electrons. The van der Waals surface area contributed by atoms with Crippen molar-refractivity contribution in [2.45, 2.75) is 251 Å². The molecular formula is C43H85NO5Si2. The molecule has 1 aliphatic heterocycles. The van der Waals surface area contributed by atoms with Crippen LogP contribution in [0.2, 0.25) is 33.2 Å². The minimum atomic E-state index is -2.17. The van der Waals surface area contributed by atoms with Crippen molar-refractivity contribution in [1.82, 2.24) is 4.90 Å². The van der Waals surface area contributed by atoms with Crippen molar-refractivity contribution >= 4 is 22.7 Å². The van der Waals surface area contributed by atoms with Gasteiger partial charge in [-0.3, -0.25) is 4.90 Å². The van der Waals surface area contributed by atoms with Gasteiger partial charge in [-0.2, -0.15) is 0 Å². The molecule has 300 valence electrons. The van der Waals surface area contributed by atoms with Crippen molar-refractivity contribution in [3.8, 4) is 0 Å². The number of unbranched alkanes of at least 4 members (excludes halogenated alkanes) is 4. The largest absolute Gasteiger partial charge is 0.444 e. The highest BCUT2D eigenvalue weighted by molar-refractivity contribution is 6.78. The third-order valence-electron chi connectivity index (χ3n) is 11.9. The van der Waals surface area contributed by atoms with Crippen LogP contribution in [0.4, 0.5) is 4.79 Å². The fraction of sp³-hybridized carbons (Fsp3) is 0.907. The predicted octanol–water partition coefficient (Wildman–Crippen LogP) is 13.1. The molecule has 6 nitrogen and oxygen atoms in total. The molecule has 0 saturated carbocycles. The molecule has 1 aliphatic rings. The second kappa shape index (κ2) is 21.9. The van der Waals surface area contributed by atoms with E-state index in [0.717, 1.165) is 12.8 Å². The van der Waals surface area contributed by atoms with Crippen LogP contribution in [0.5, 0.6) is 0 Å². The Kier molecular flexibility index (Phi) is 20.6. The van der Waals surface area contributed by atoms with Crippen LogP contribution in [0, 0.1) is 0 Å². The van der Waals surface area contributed by atoms with E-state index in [2.05, 4.69) is 115 Å². The Bertz CT molecular complexity index is 1020. The zero-order chi connectivity index (χ0) is 39.3. The van der Waals surface area contributed by atoms with Gasteiger partial charge >= 0.3 is 6.09 Å². The normalized spacial score (nSPS) is 20.5. The number of carbonyl (C=O) groups is 1. The molecule has 1 rings (SSSR count). The standard InChI is InChI=1S/C43H85NO5Si2/c1-18-19-20-21-23-26-38(48-50(31(2)3,32(4)5)33(6)7)27-24-22-25-28-40(45)39-29-30-41(37(14)44(39)42(46)47-43(15,16)17)49-51(34(8)9,35(10)11)36(12)13/h22,27,31-41,45H,18-21,23,25-26,28-30H2,1-17H3/t24?,37-,38-,39+,40-,41+/m0/s1. The zero-order valence-electron chi connectivity index (χ0n) is 36.6. The van der Waals surface area contributed by atoms with E-state index in [1.54, 1.807) is 0 Å². The van der Waals surface area contributed by atoms with Gasteiger partial charge in [0.25, 0.3) is 0 Å². The summed E-state index contributed by atoms with van der Waals surface area (Å²) in [5.41, 5.74) is 5.81. The molecule has 0 aromatic heterocycles. The van der Waals surface area contributed by atoms with Crippen molar-refractivity contribution in [3.63, 3.8) is 0 Å². The number of piperidine rings is 1. The summed E-state index contributed by atoms with van der Waals surface area (Å²) in [6, 6.07) is -0.524. The summed E-state index contributed by atoms with van der Waals surface area (Å²) in [7, 11) is -4.21. The van der Waals surface area contributed by atoms with Gasteiger partial charge in [-0.15, -0.1) is 5.73 Å². The average Bonchev–Trinajstić information content (AvgIpc) is 2.99. The summed E-state index contributed by atoms with van der Waals surface area (Å²) < 4.78 is 20.4. The second-order valence-corrected chi connectivity index (χ2v) is 29.4. The van der Waals surface area contributed by atoms with Crippen LogP contribution >= 0.6 is 0 Å². The molecule has 1 amide bonds. The van der Waals surface area contributed by atoms with E-state index in [0.29, 0.717) is 52.5 Å². The summed E-state index contributed by atoms with van der Waals surface area (Å²) in [5, 5.41) is 11.7. The Morgan fingerprint density at radius 2 is 1.31 bits per heavy atom. The number of hydrogen-bond donors (Lipinski definition) is 1. The van der Waals surface area contributed by atoms with Crippen molar-refractivity contribution in [3.05, 3.63) is 17.9 Å². The van der Waals surface area contributed by atoms with Gasteiger partial charge < -0.3 is 18.7 Å². The van der Waals surface area contributed by atoms with E-state index in [1.165, 1.54) is 32.1 Å². The minimum absolute atomic E-state index is 0.0589. The number of carbonyl (C=O) groups excluding carboxylic acids is 1. The van der Waals surface area contributed by atoms with E-state index in [1.807, 2.05) is 25.7 Å². The number of ether oxygens (including phenoxy) is 1. The number of hydrogen-bond acceptors (Lipinski definition) is 5. The number of rotatable bonds is 21. The van der Waals surface area contributed by atoms with Crippen molar-refractivity contribution in [1.29, 1.82) is 0 Å². The van der Waals surface area contributed by atoms with E-state index in [-0.39, 0.29) is 30.4 Å². The first kappa shape index (κ1) is 48.1. The number of aliphatic hydroxyl groups excluding tert-OH is 1. The fourth-order valence-electron chi connectivity index (χ4n) is 9.52. The summed E-state index contributed by atoms with van der Waals surface area (Å²) in [6.07, 6.45) is 13.2. The molecule has 51 heavy (non-hydrogen) atoms. The monoisotopic (exact) mass is 752 g/mol. The van der Waals surface area contributed by atoms with Crippen LogP contribution < -0.4 is 0 Å². The molecule has 1 fully saturated rings. The molecular weight excluding hydrogens is 667 g/mol. The van der Waals surface area contributed by atoms with Gasteiger partial charge in [0.1, 0.15) is 5.60 Å². The summed E-state index contributed by atoms with van der Waals surface area (Å²) in [5.74, 6) is 0. The van der Waals surface area contributed by atoms with Crippen LogP contribution in [0.1, 0.15) is 182 Å². The SMILES string of the molecule is CCCCCCC[C@@H](C=C=CCC[C@H](O)[C@H]1CC[C@@H](O[Si](C(C)C)(C(C)C)C(C)C)[C@H](C)N1C(=O)OC(C)(C)C)O[Si](C(C)C)(C(C)C)C(C)C. The lowest BCUT2D eigenvalue weighted by atomic mass is 9.89. The van der Waals surface area contributed by atoms with Gasteiger partial charge in [0, 0.05) is 0 Å². The molecule has 1 N–H and O–H groups in total. The topological polar surface area (TPSA) is 68.2 Å². The van der Waals surface area contributed by atoms with Gasteiger partial charge in [0.15, 0.2) is 0 Å². The number of nitrogens with zero attached hydrogens (tertiary/aromatic N) is 1. The lowest BCUT2D eigenvalue weighted by Crippen LogP contribution is -2.62. The molecule has 0 bridgehead atoms. The molecule has 8 heteroatoms. The van der Waals surface area contributed by atoms with Gasteiger partial charge in [-0.05, 0) is 105 Å². The van der Waals surface area contributed by atoms with Gasteiger partial charge in [-0.25, -0.2) is 4.79 Å². The number of aliphatic hydroxyl groups is 1. The van der Waals surface area contributed by atoms with Gasteiger partial charge in [0.05, 0.1) is 30.4 Å². The summed E-state index contributed by atoms with van der Waals surface area (Å²) in [4.78, 5) is 15.6. The quantitative estimate of drug-likeness (QED) is 0.0718. The van der Waals surface area contributed by atoms with E-state index in [9.17, 15) is 9.90 Å². The van der Waals surface area contributed by atoms with Gasteiger partial charge in [-0.1, -0.05) is 122 Å². The molecule has 1 heterocycles. The first-order valence-electron chi connectivity index (χ1n) is 21.1. The average molecular weight is 752 g/mol. The maximum Gasteiger partial charge on any atom is 0.410 e. The molecule has 5 atom stereocenters. The summed E-state index contributed by atoms with van der Waals surface area (Å²) in [6.45, 7) is 38.0. The Morgan fingerprint density at radius 3 is 1.78 bits per heavy atom. The van der Waals surface area contributed by atoms with Gasteiger partial charge in [0.2, 0.25) is 16.6 Å². The first-order chi connectivity index (χ1) is 23.6. The van der Waals surface area contributed by atoms with Crippen molar-refractivity contribution in [2.24, 2.45) is 0 Å². The summed E-state index contributed by atoms with van der Waals surface area (Å²) >= 11 is 0. The zero-order valence-corrected chi connectivity index (χ0v) is 38.6. The fourth-order valence-corrected chi connectivity index (χ4v) is 20.7. The molecule has 1 saturated heterocycles. The third kappa shape index (κ3) is 13.4. The Balaban J connectivity index is 3.25. The molecule has 0 aromatic carbocycles. The maximum atomic E-state index is 13.8. The molecule has 0 unspecified atom stereocenters. The highest BCUT2D eigenvalue weighted by Gasteiger charge is 2.51. The highest BCUT2D eigenvalue weighted by Crippen LogP contribution is 2.46. The number of likely N-dealkylation sites (tertiary alicyclic amines) is 1. The number of amides is 1. The van der Waals surface area contributed by atoms with Crippen LogP contribution in [0.3, 0.4) is 0 Å². The van der Waals surface area contributed by atoms with Crippen LogP contribution in [-0.4, -0.2) is 68.7 Å². The molecule has 0 spiro atoms. The van der Waals surface area contributed by atoms with E-state index in [4.69, 9.17) is 13.6 Å². The smallest absolute Gasteiger partial charge is 0.410 e.